The summed E-state index contributed by atoms with van der Waals surface area (Å²) < 4.78 is 0. The van der Waals surface area contributed by atoms with Gasteiger partial charge in [-0.05, 0) is 48.6 Å². The van der Waals surface area contributed by atoms with Crippen molar-refractivity contribution >= 4 is 58.0 Å². The van der Waals surface area contributed by atoms with Gasteiger partial charge in [0.2, 0.25) is 11.8 Å². The number of thiocarbonyl (C=S) groups is 1. The normalized spacial score (nSPS) is 16.0. The summed E-state index contributed by atoms with van der Waals surface area (Å²) in [7, 11) is 0. The topological polar surface area (TPSA) is 81.8 Å². The third-order valence-electron chi connectivity index (χ3n) is 4.57. The average molecular weight is 445 g/mol. The molecule has 9 heteroatoms. The zero-order chi connectivity index (χ0) is 21.7. The molecule has 3 rings (SSSR count). The number of anilines is 2. The van der Waals surface area contributed by atoms with E-state index in [4.69, 9.17) is 23.8 Å². The molecule has 2 aromatic carbocycles. The Morgan fingerprint density at radius 2 is 1.77 bits per heavy atom. The number of nitrogens with one attached hydrogen (secondary N) is 2. The van der Waals surface area contributed by atoms with Crippen LogP contribution in [0.1, 0.15) is 13.3 Å². The fourth-order valence-corrected chi connectivity index (χ4v) is 3.72. The molecule has 1 fully saturated rings. The molecular formula is C21H21ClN4O3S. The highest BCUT2D eigenvalue weighted by atomic mass is 35.5. The number of carbonyl (C=O) groups excluding carboxylic acids is 3. The molecule has 2 N–H and O–H groups in total. The first kappa shape index (κ1) is 21.7. The maximum Gasteiger partial charge on any atom is 0.256 e. The monoisotopic (exact) mass is 444 g/mol. The summed E-state index contributed by atoms with van der Waals surface area (Å²) in [6.45, 7) is 2.02. The van der Waals surface area contributed by atoms with Crippen LogP contribution in [0.3, 0.4) is 0 Å². The summed E-state index contributed by atoms with van der Waals surface area (Å²) in [5.74, 6) is -0.780. The lowest BCUT2D eigenvalue weighted by Gasteiger charge is -2.24. The van der Waals surface area contributed by atoms with E-state index in [-0.39, 0.29) is 29.3 Å². The van der Waals surface area contributed by atoms with Crippen molar-refractivity contribution in [3.63, 3.8) is 0 Å². The molecule has 0 unspecified atom stereocenters. The summed E-state index contributed by atoms with van der Waals surface area (Å²) in [6, 6.07) is 15.0. The number of rotatable bonds is 7. The number of hydrogen-bond donors (Lipinski definition) is 2. The molecule has 1 heterocycles. The van der Waals surface area contributed by atoms with Crippen molar-refractivity contribution < 1.29 is 14.4 Å². The van der Waals surface area contributed by atoms with E-state index in [0.717, 1.165) is 0 Å². The molecule has 0 spiro atoms. The van der Waals surface area contributed by atoms with Crippen LogP contribution >= 0.6 is 23.8 Å². The van der Waals surface area contributed by atoms with E-state index in [1.165, 1.54) is 11.8 Å². The van der Waals surface area contributed by atoms with E-state index in [2.05, 4.69) is 10.6 Å². The van der Waals surface area contributed by atoms with Crippen LogP contribution in [0, 0.1) is 0 Å². The van der Waals surface area contributed by atoms with E-state index in [1.54, 1.807) is 41.3 Å². The largest absolute Gasteiger partial charge is 0.355 e. The lowest BCUT2D eigenvalue weighted by molar-refractivity contribution is -0.124. The van der Waals surface area contributed by atoms with Crippen LogP contribution in [0.4, 0.5) is 11.4 Å². The van der Waals surface area contributed by atoms with Crippen LogP contribution in [0.25, 0.3) is 0 Å². The van der Waals surface area contributed by atoms with Crippen molar-refractivity contribution in [2.75, 3.05) is 23.3 Å². The van der Waals surface area contributed by atoms with Crippen LogP contribution in [-0.2, 0) is 14.4 Å². The second-order valence-electron chi connectivity index (χ2n) is 6.74. The molecule has 0 aliphatic carbocycles. The molecule has 2 aromatic rings. The molecule has 1 saturated heterocycles. The molecule has 156 valence electrons. The van der Waals surface area contributed by atoms with Gasteiger partial charge in [0.15, 0.2) is 5.11 Å². The van der Waals surface area contributed by atoms with Crippen molar-refractivity contribution in [3.05, 3.63) is 59.6 Å². The molecule has 1 atom stereocenters. The zero-order valence-corrected chi connectivity index (χ0v) is 17.9. The van der Waals surface area contributed by atoms with Crippen LogP contribution < -0.4 is 15.5 Å². The predicted molar refractivity (Wildman–Crippen MR) is 120 cm³/mol. The minimum absolute atomic E-state index is 0.0714. The Bertz CT molecular complexity index is 952. The lowest BCUT2D eigenvalue weighted by atomic mass is 10.1. The second-order valence-corrected chi connectivity index (χ2v) is 7.54. The van der Waals surface area contributed by atoms with Crippen LogP contribution in [0.2, 0.25) is 5.02 Å². The van der Waals surface area contributed by atoms with Crippen molar-refractivity contribution in [2.24, 2.45) is 0 Å². The van der Waals surface area contributed by atoms with Gasteiger partial charge in [0.05, 0.1) is 12.1 Å². The first-order valence-electron chi connectivity index (χ1n) is 9.36. The first-order chi connectivity index (χ1) is 14.4. The number of para-hydroxylation sites is 1. The number of hydrogen-bond acceptors (Lipinski definition) is 4. The van der Waals surface area contributed by atoms with Crippen LogP contribution in [-0.4, -0.2) is 46.9 Å². The Hall–Kier alpha value is -2.97. The third-order valence-corrected chi connectivity index (χ3v) is 5.24. The molecule has 1 aliphatic heterocycles. The second kappa shape index (κ2) is 9.69. The lowest BCUT2D eigenvalue weighted by Crippen LogP contribution is -2.42. The highest BCUT2D eigenvalue weighted by molar-refractivity contribution is 7.80. The molecule has 0 aromatic heterocycles. The summed E-state index contributed by atoms with van der Waals surface area (Å²) in [5.41, 5.74) is 1.22. The number of halogens is 1. The number of nitrogens with zero attached hydrogens (tertiary/aromatic N) is 2. The van der Waals surface area contributed by atoms with E-state index in [9.17, 15) is 14.4 Å². The minimum Gasteiger partial charge on any atom is -0.355 e. The standard InChI is InChI=1S/C21H21ClN4O3S/c1-14(27)23-11-12-25-18(13-19(28)24-16-5-3-2-4-6-16)20(29)26(21(25)30)17-9-7-15(22)8-10-17/h2-10,18H,11-13H2,1H3,(H,23,27)(H,24,28)/t18-/m0/s1. The Labute approximate surface area is 185 Å². The first-order valence-corrected chi connectivity index (χ1v) is 10.1. The molecule has 3 amide bonds. The van der Waals surface area contributed by atoms with Gasteiger partial charge in [-0.1, -0.05) is 29.8 Å². The quantitative estimate of drug-likeness (QED) is 0.642. The molecular weight excluding hydrogens is 424 g/mol. The van der Waals surface area contributed by atoms with E-state index < -0.39 is 6.04 Å². The van der Waals surface area contributed by atoms with Crippen molar-refractivity contribution in [1.29, 1.82) is 0 Å². The van der Waals surface area contributed by atoms with Crippen molar-refractivity contribution in [3.8, 4) is 0 Å². The third kappa shape index (κ3) is 5.14. The van der Waals surface area contributed by atoms with Crippen molar-refractivity contribution in [2.45, 2.75) is 19.4 Å². The minimum atomic E-state index is -0.773. The van der Waals surface area contributed by atoms with Gasteiger partial charge >= 0.3 is 0 Å². The highest BCUT2D eigenvalue weighted by Gasteiger charge is 2.43. The van der Waals surface area contributed by atoms with E-state index in [1.807, 2.05) is 18.2 Å². The number of benzene rings is 2. The molecule has 1 aliphatic rings. The maximum atomic E-state index is 13.2. The van der Waals surface area contributed by atoms with Gasteiger partial charge in [-0.3, -0.25) is 19.3 Å². The summed E-state index contributed by atoms with van der Waals surface area (Å²) in [4.78, 5) is 40.1. The van der Waals surface area contributed by atoms with Gasteiger partial charge in [-0.25, -0.2) is 0 Å². The number of carbonyl (C=O) groups is 3. The molecule has 30 heavy (non-hydrogen) atoms. The fourth-order valence-electron chi connectivity index (χ4n) is 3.18. The van der Waals surface area contributed by atoms with Gasteiger partial charge in [-0.15, -0.1) is 0 Å². The van der Waals surface area contributed by atoms with E-state index >= 15 is 0 Å². The Balaban J connectivity index is 1.80. The van der Waals surface area contributed by atoms with Crippen LogP contribution in [0.5, 0.6) is 0 Å². The zero-order valence-electron chi connectivity index (χ0n) is 16.3. The SMILES string of the molecule is CC(=O)NCCN1C(=S)N(c2ccc(Cl)cc2)C(=O)[C@@H]1CC(=O)Nc1ccccc1. The van der Waals surface area contributed by atoms with Gasteiger partial charge in [0.25, 0.3) is 5.91 Å². The van der Waals surface area contributed by atoms with Gasteiger partial charge in [0.1, 0.15) is 6.04 Å². The Kier molecular flexibility index (Phi) is 7.02. The average Bonchev–Trinajstić information content (AvgIpc) is 2.93. The van der Waals surface area contributed by atoms with Gasteiger partial charge < -0.3 is 15.5 Å². The predicted octanol–water partition coefficient (Wildman–Crippen LogP) is 2.81. The highest BCUT2D eigenvalue weighted by Crippen LogP contribution is 2.28. The summed E-state index contributed by atoms with van der Waals surface area (Å²) in [6.07, 6.45) is -0.0714. The molecule has 0 radical (unpaired) electrons. The summed E-state index contributed by atoms with van der Waals surface area (Å²) in [5, 5.41) is 6.31. The van der Waals surface area contributed by atoms with Crippen molar-refractivity contribution in [1.82, 2.24) is 10.2 Å². The number of amides is 3. The molecule has 0 bridgehead atoms. The van der Waals surface area contributed by atoms with Crippen LogP contribution in [0.15, 0.2) is 54.6 Å². The van der Waals surface area contributed by atoms with Gasteiger partial charge in [0, 0.05) is 30.7 Å². The molecule has 7 nitrogen and oxygen atoms in total. The fraction of sp³-hybridized carbons (Fsp3) is 0.238. The summed E-state index contributed by atoms with van der Waals surface area (Å²) >= 11 is 11.5. The smallest absolute Gasteiger partial charge is 0.256 e. The van der Waals surface area contributed by atoms with E-state index in [0.29, 0.717) is 29.5 Å². The van der Waals surface area contributed by atoms with Gasteiger partial charge in [-0.2, -0.15) is 0 Å². The molecule has 0 saturated carbocycles. The Morgan fingerprint density at radius 3 is 2.40 bits per heavy atom. The maximum absolute atomic E-state index is 13.2. The Morgan fingerprint density at radius 1 is 1.10 bits per heavy atom.